The highest BCUT2D eigenvalue weighted by atomic mass is 35.5. The third-order valence-corrected chi connectivity index (χ3v) is 5.85. The zero-order chi connectivity index (χ0) is 20.9. The molecule has 0 aliphatic rings. The number of carbonyl (C=O) groups is 1. The van der Waals surface area contributed by atoms with Crippen molar-refractivity contribution in [3.63, 3.8) is 0 Å². The van der Waals surface area contributed by atoms with Crippen LogP contribution >= 0.6 is 11.6 Å². The molecule has 0 spiro atoms. The zero-order valence-electron chi connectivity index (χ0n) is 16.4. The molecule has 0 aliphatic heterocycles. The Bertz CT molecular complexity index is 930. The van der Waals surface area contributed by atoms with E-state index in [1.807, 2.05) is 38.1 Å². The molecule has 0 aliphatic carbocycles. The first-order chi connectivity index (χ1) is 13.1. The Kier molecular flexibility index (Phi) is 7.32. The maximum absolute atomic E-state index is 12.6. The van der Waals surface area contributed by atoms with Crippen LogP contribution in [0.3, 0.4) is 0 Å². The Morgan fingerprint density at radius 3 is 2.39 bits per heavy atom. The summed E-state index contributed by atoms with van der Waals surface area (Å²) in [5.41, 5.74) is 2.06. The van der Waals surface area contributed by atoms with Crippen LogP contribution in [0.15, 0.2) is 42.5 Å². The molecule has 0 saturated heterocycles. The largest absolute Gasteiger partial charge is 0.494 e. The second-order valence-electron chi connectivity index (χ2n) is 6.46. The van der Waals surface area contributed by atoms with E-state index in [0.29, 0.717) is 17.3 Å². The average molecular weight is 425 g/mol. The minimum Gasteiger partial charge on any atom is -0.494 e. The molecule has 152 valence electrons. The van der Waals surface area contributed by atoms with Crippen LogP contribution in [0, 0.1) is 6.92 Å². The number of benzene rings is 2. The van der Waals surface area contributed by atoms with Crippen LogP contribution in [0.5, 0.6) is 5.75 Å². The molecule has 0 fully saturated rings. The van der Waals surface area contributed by atoms with E-state index in [9.17, 15) is 13.2 Å². The van der Waals surface area contributed by atoms with Gasteiger partial charge < -0.3 is 10.1 Å². The van der Waals surface area contributed by atoms with Crippen molar-refractivity contribution in [2.75, 3.05) is 17.2 Å². The van der Waals surface area contributed by atoms with Crippen molar-refractivity contribution in [2.45, 2.75) is 33.4 Å². The number of rotatable bonds is 8. The SMILES string of the molecule is CCOc1ccc(CNC(=O)[C@H](C)N(c2ccc(C)c(Cl)c2)S(C)(=O)=O)cc1. The summed E-state index contributed by atoms with van der Waals surface area (Å²) >= 11 is 6.14. The lowest BCUT2D eigenvalue weighted by Crippen LogP contribution is -2.47. The van der Waals surface area contributed by atoms with Gasteiger partial charge in [-0.1, -0.05) is 29.8 Å². The van der Waals surface area contributed by atoms with Gasteiger partial charge in [0.05, 0.1) is 18.6 Å². The van der Waals surface area contributed by atoms with Gasteiger partial charge in [0.15, 0.2) is 0 Å². The quantitative estimate of drug-likeness (QED) is 0.703. The normalized spacial score (nSPS) is 12.3. The van der Waals surface area contributed by atoms with Gasteiger partial charge in [-0.2, -0.15) is 0 Å². The van der Waals surface area contributed by atoms with Gasteiger partial charge in [0.1, 0.15) is 11.8 Å². The van der Waals surface area contributed by atoms with E-state index in [-0.39, 0.29) is 6.54 Å². The minimum atomic E-state index is -3.69. The fraction of sp³-hybridized carbons (Fsp3) is 0.350. The molecule has 1 N–H and O–H groups in total. The van der Waals surface area contributed by atoms with Crippen molar-refractivity contribution in [1.82, 2.24) is 5.32 Å². The number of nitrogens with zero attached hydrogens (tertiary/aromatic N) is 1. The molecule has 0 saturated carbocycles. The standard InChI is InChI=1S/C20H25ClN2O4S/c1-5-27-18-10-7-16(8-11-18)13-22-20(24)15(3)23(28(4,25)26)17-9-6-14(2)19(21)12-17/h6-12,15H,5,13H2,1-4H3,(H,22,24)/t15-/m0/s1. The lowest BCUT2D eigenvalue weighted by molar-refractivity contribution is -0.122. The van der Waals surface area contributed by atoms with Crippen molar-refractivity contribution in [3.8, 4) is 5.75 Å². The highest BCUT2D eigenvalue weighted by Crippen LogP contribution is 2.26. The summed E-state index contributed by atoms with van der Waals surface area (Å²) in [6.45, 7) is 6.14. The molecule has 0 radical (unpaired) electrons. The van der Waals surface area contributed by atoms with Gasteiger partial charge in [0.2, 0.25) is 15.9 Å². The van der Waals surface area contributed by atoms with E-state index >= 15 is 0 Å². The Labute approximate surface area is 171 Å². The number of anilines is 1. The Morgan fingerprint density at radius 1 is 1.21 bits per heavy atom. The molecule has 0 aromatic heterocycles. The number of hydrogen-bond acceptors (Lipinski definition) is 4. The molecular formula is C20H25ClN2O4S. The number of nitrogens with one attached hydrogen (secondary N) is 1. The maximum atomic E-state index is 12.6. The number of amides is 1. The molecule has 8 heteroatoms. The smallest absolute Gasteiger partial charge is 0.243 e. The molecule has 1 atom stereocenters. The van der Waals surface area contributed by atoms with Crippen LogP contribution in [0.1, 0.15) is 25.0 Å². The van der Waals surface area contributed by atoms with Gasteiger partial charge in [-0.3, -0.25) is 9.10 Å². The molecule has 28 heavy (non-hydrogen) atoms. The van der Waals surface area contributed by atoms with Crippen LogP contribution in [0.2, 0.25) is 5.02 Å². The summed E-state index contributed by atoms with van der Waals surface area (Å²) in [6.07, 6.45) is 1.07. The number of carbonyl (C=O) groups excluding carboxylic acids is 1. The summed E-state index contributed by atoms with van der Waals surface area (Å²) in [4.78, 5) is 12.6. The fourth-order valence-electron chi connectivity index (χ4n) is 2.73. The van der Waals surface area contributed by atoms with Gasteiger partial charge in [-0.15, -0.1) is 0 Å². The first-order valence-corrected chi connectivity index (χ1v) is 11.1. The second-order valence-corrected chi connectivity index (χ2v) is 8.73. The number of ether oxygens (including phenoxy) is 1. The van der Waals surface area contributed by atoms with Gasteiger partial charge >= 0.3 is 0 Å². The van der Waals surface area contributed by atoms with Gasteiger partial charge in [0, 0.05) is 11.6 Å². The van der Waals surface area contributed by atoms with Crippen molar-refractivity contribution in [2.24, 2.45) is 0 Å². The van der Waals surface area contributed by atoms with Crippen molar-refractivity contribution < 1.29 is 17.9 Å². The van der Waals surface area contributed by atoms with Crippen LogP contribution in [0.4, 0.5) is 5.69 Å². The molecule has 0 bridgehead atoms. The average Bonchev–Trinajstić information content (AvgIpc) is 2.63. The molecule has 2 aromatic carbocycles. The fourth-order valence-corrected chi connectivity index (χ4v) is 4.08. The highest BCUT2D eigenvalue weighted by Gasteiger charge is 2.29. The topological polar surface area (TPSA) is 75.7 Å². The second kappa shape index (κ2) is 9.30. The Morgan fingerprint density at radius 2 is 1.86 bits per heavy atom. The summed E-state index contributed by atoms with van der Waals surface area (Å²) in [7, 11) is -3.69. The van der Waals surface area contributed by atoms with Crippen molar-refractivity contribution in [3.05, 3.63) is 58.6 Å². The molecule has 6 nitrogen and oxygen atoms in total. The van der Waals surface area contributed by atoms with Gasteiger partial charge in [0.25, 0.3) is 0 Å². The van der Waals surface area contributed by atoms with Crippen molar-refractivity contribution >= 4 is 33.2 Å². The molecule has 2 aromatic rings. The highest BCUT2D eigenvalue weighted by molar-refractivity contribution is 7.92. The molecular weight excluding hydrogens is 400 g/mol. The van der Waals surface area contributed by atoms with Crippen LogP contribution < -0.4 is 14.4 Å². The molecule has 0 heterocycles. The Hall–Kier alpha value is -2.25. The van der Waals surface area contributed by atoms with Crippen molar-refractivity contribution in [1.29, 1.82) is 0 Å². The molecule has 2 rings (SSSR count). The van der Waals surface area contributed by atoms with E-state index in [4.69, 9.17) is 16.3 Å². The van der Waals surface area contributed by atoms with E-state index in [1.165, 1.54) is 0 Å². The van der Waals surface area contributed by atoms with Crippen LogP contribution in [0.25, 0.3) is 0 Å². The van der Waals surface area contributed by atoms with E-state index in [1.54, 1.807) is 25.1 Å². The third-order valence-electron chi connectivity index (χ3n) is 4.20. The number of aryl methyl sites for hydroxylation is 1. The zero-order valence-corrected chi connectivity index (χ0v) is 18.0. The molecule has 0 unspecified atom stereocenters. The predicted molar refractivity (Wildman–Crippen MR) is 112 cm³/mol. The van der Waals surface area contributed by atoms with Gasteiger partial charge in [-0.05, 0) is 56.2 Å². The van der Waals surface area contributed by atoms with Crippen LogP contribution in [-0.4, -0.2) is 33.2 Å². The van der Waals surface area contributed by atoms with E-state index in [2.05, 4.69) is 5.32 Å². The Balaban J connectivity index is 2.14. The summed E-state index contributed by atoms with van der Waals surface area (Å²) in [6, 6.07) is 11.3. The summed E-state index contributed by atoms with van der Waals surface area (Å²) in [5.74, 6) is 0.349. The molecule has 1 amide bonds. The lowest BCUT2D eigenvalue weighted by atomic mass is 10.2. The monoisotopic (exact) mass is 424 g/mol. The number of hydrogen-bond donors (Lipinski definition) is 1. The maximum Gasteiger partial charge on any atom is 0.243 e. The summed E-state index contributed by atoms with van der Waals surface area (Å²) in [5, 5.41) is 3.22. The van der Waals surface area contributed by atoms with Gasteiger partial charge in [-0.25, -0.2) is 8.42 Å². The predicted octanol–water partition coefficient (Wildman–Crippen LogP) is 3.52. The number of sulfonamides is 1. The van der Waals surface area contributed by atoms with E-state index in [0.717, 1.165) is 27.4 Å². The third kappa shape index (κ3) is 5.62. The first kappa shape index (κ1) is 22.0. The first-order valence-electron chi connectivity index (χ1n) is 8.88. The minimum absolute atomic E-state index is 0.280. The summed E-state index contributed by atoms with van der Waals surface area (Å²) < 4.78 is 31.1. The lowest BCUT2D eigenvalue weighted by Gasteiger charge is -2.28. The van der Waals surface area contributed by atoms with E-state index < -0.39 is 22.0 Å². The van der Waals surface area contributed by atoms with Crippen LogP contribution in [-0.2, 0) is 21.4 Å². The number of halogens is 1.